The zero-order valence-corrected chi connectivity index (χ0v) is 11.5. The molecule has 0 saturated heterocycles. The summed E-state index contributed by atoms with van der Waals surface area (Å²) in [5.74, 6) is -1.44. The SMILES string of the molecule is CC[C@@H](NC(=O)C=Cc1ccccc1Br)C(=O)O. The van der Waals surface area contributed by atoms with Crippen LogP contribution in [0.1, 0.15) is 18.9 Å². The molecule has 0 aliphatic carbocycles. The first kappa shape index (κ1) is 14.4. The number of carbonyl (C=O) groups excluding carboxylic acids is 1. The highest BCUT2D eigenvalue weighted by atomic mass is 79.9. The van der Waals surface area contributed by atoms with Gasteiger partial charge in [0.2, 0.25) is 5.91 Å². The minimum Gasteiger partial charge on any atom is -0.480 e. The average molecular weight is 312 g/mol. The molecule has 0 aromatic heterocycles. The van der Waals surface area contributed by atoms with Gasteiger partial charge in [-0.2, -0.15) is 0 Å². The molecule has 0 radical (unpaired) electrons. The van der Waals surface area contributed by atoms with Gasteiger partial charge in [0.25, 0.3) is 0 Å². The van der Waals surface area contributed by atoms with Gasteiger partial charge < -0.3 is 10.4 Å². The smallest absolute Gasteiger partial charge is 0.326 e. The number of aliphatic carboxylic acids is 1. The highest BCUT2D eigenvalue weighted by molar-refractivity contribution is 9.10. The standard InChI is InChI=1S/C13H14BrNO3/c1-2-11(13(17)18)15-12(16)8-7-9-5-3-4-6-10(9)14/h3-8,11H,2H2,1H3,(H,15,16)(H,17,18)/t11-/m1/s1. The molecule has 1 amide bonds. The first-order valence-corrected chi connectivity index (χ1v) is 6.29. The molecular weight excluding hydrogens is 298 g/mol. The van der Waals surface area contributed by atoms with Crippen LogP contribution in [0.3, 0.4) is 0 Å². The molecule has 4 nitrogen and oxygen atoms in total. The van der Waals surface area contributed by atoms with E-state index in [4.69, 9.17) is 5.11 Å². The molecule has 18 heavy (non-hydrogen) atoms. The average Bonchev–Trinajstić information content (AvgIpc) is 2.34. The Kier molecular flexibility index (Phi) is 5.58. The van der Waals surface area contributed by atoms with Crippen LogP contribution in [0.5, 0.6) is 0 Å². The van der Waals surface area contributed by atoms with Crippen LogP contribution >= 0.6 is 15.9 Å². The number of carboxylic acid groups (broad SMARTS) is 1. The molecule has 0 heterocycles. The number of rotatable bonds is 5. The van der Waals surface area contributed by atoms with Crippen LogP contribution in [0.2, 0.25) is 0 Å². The lowest BCUT2D eigenvalue weighted by Gasteiger charge is -2.09. The zero-order valence-electron chi connectivity index (χ0n) is 9.89. The first-order valence-electron chi connectivity index (χ1n) is 5.50. The van der Waals surface area contributed by atoms with E-state index in [1.54, 1.807) is 13.0 Å². The predicted molar refractivity (Wildman–Crippen MR) is 73.0 cm³/mol. The van der Waals surface area contributed by atoms with Gasteiger partial charge in [0.1, 0.15) is 6.04 Å². The molecule has 1 aromatic carbocycles. The van der Waals surface area contributed by atoms with E-state index in [-0.39, 0.29) is 0 Å². The van der Waals surface area contributed by atoms with Crippen LogP contribution in [-0.2, 0) is 9.59 Å². The molecule has 0 fully saturated rings. The van der Waals surface area contributed by atoms with Crippen molar-refractivity contribution in [1.29, 1.82) is 0 Å². The van der Waals surface area contributed by atoms with Crippen molar-refractivity contribution >= 4 is 33.9 Å². The van der Waals surface area contributed by atoms with E-state index in [9.17, 15) is 9.59 Å². The number of carboxylic acids is 1. The normalized spacial score (nSPS) is 12.3. The summed E-state index contributed by atoms with van der Waals surface area (Å²) in [6.45, 7) is 1.70. The number of halogens is 1. The van der Waals surface area contributed by atoms with Crippen molar-refractivity contribution in [1.82, 2.24) is 5.32 Å². The second kappa shape index (κ2) is 6.96. The Bertz CT molecular complexity index is 471. The van der Waals surface area contributed by atoms with Gasteiger partial charge in [0, 0.05) is 10.5 Å². The highest BCUT2D eigenvalue weighted by Gasteiger charge is 2.15. The number of hydrogen-bond acceptors (Lipinski definition) is 2. The third kappa shape index (κ3) is 4.33. The van der Waals surface area contributed by atoms with Crippen LogP contribution in [-0.4, -0.2) is 23.0 Å². The molecule has 1 atom stereocenters. The van der Waals surface area contributed by atoms with E-state index in [1.807, 2.05) is 24.3 Å². The Morgan fingerprint density at radius 1 is 1.44 bits per heavy atom. The van der Waals surface area contributed by atoms with Crippen molar-refractivity contribution in [2.24, 2.45) is 0 Å². The molecule has 0 saturated carbocycles. The van der Waals surface area contributed by atoms with Crippen LogP contribution in [0, 0.1) is 0 Å². The summed E-state index contributed by atoms with van der Waals surface area (Å²) in [6.07, 6.45) is 3.31. The van der Waals surface area contributed by atoms with Crippen LogP contribution < -0.4 is 5.32 Å². The lowest BCUT2D eigenvalue weighted by atomic mass is 10.2. The van der Waals surface area contributed by atoms with Gasteiger partial charge in [-0.15, -0.1) is 0 Å². The first-order chi connectivity index (χ1) is 8.54. The quantitative estimate of drug-likeness (QED) is 0.821. The molecule has 1 rings (SSSR count). The summed E-state index contributed by atoms with van der Waals surface area (Å²) < 4.78 is 0.874. The Balaban J connectivity index is 2.65. The number of hydrogen-bond donors (Lipinski definition) is 2. The van der Waals surface area contributed by atoms with E-state index < -0.39 is 17.9 Å². The lowest BCUT2D eigenvalue weighted by Crippen LogP contribution is -2.39. The number of carbonyl (C=O) groups is 2. The Morgan fingerprint density at radius 2 is 2.11 bits per heavy atom. The van der Waals surface area contributed by atoms with Crippen molar-refractivity contribution < 1.29 is 14.7 Å². The maximum absolute atomic E-state index is 11.5. The molecule has 2 N–H and O–H groups in total. The van der Waals surface area contributed by atoms with E-state index in [0.29, 0.717) is 6.42 Å². The number of amides is 1. The topological polar surface area (TPSA) is 66.4 Å². The van der Waals surface area contributed by atoms with Crippen LogP contribution in [0.25, 0.3) is 6.08 Å². The monoisotopic (exact) mass is 311 g/mol. The number of benzene rings is 1. The molecule has 1 aromatic rings. The van der Waals surface area contributed by atoms with Crippen molar-refractivity contribution in [3.8, 4) is 0 Å². The summed E-state index contributed by atoms with van der Waals surface area (Å²) in [6, 6.07) is 6.60. The van der Waals surface area contributed by atoms with E-state index in [0.717, 1.165) is 10.0 Å². The van der Waals surface area contributed by atoms with E-state index >= 15 is 0 Å². The third-order valence-electron chi connectivity index (χ3n) is 2.34. The summed E-state index contributed by atoms with van der Waals surface area (Å²) >= 11 is 3.36. The van der Waals surface area contributed by atoms with Gasteiger partial charge in [-0.1, -0.05) is 41.1 Å². The van der Waals surface area contributed by atoms with Gasteiger partial charge >= 0.3 is 5.97 Å². The van der Waals surface area contributed by atoms with Gasteiger partial charge in [0.05, 0.1) is 0 Å². The molecule has 0 aliphatic rings. The van der Waals surface area contributed by atoms with Crippen molar-refractivity contribution in [2.75, 3.05) is 0 Å². The summed E-state index contributed by atoms with van der Waals surface area (Å²) in [4.78, 5) is 22.3. The Hall–Kier alpha value is -1.62. The summed E-state index contributed by atoms with van der Waals surface area (Å²) in [7, 11) is 0. The molecule has 96 valence electrons. The van der Waals surface area contributed by atoms with Crippen LogP contribution in [0.4, 0.5) is 0 Å². The maximum Gasteiger partial charge on any atom is 0.326 e. The van der Waals surface area contributed by atoms with Gasteiger partial charge in [-0.25, -0.2) is 4.79 Å². The molecule has 0 unspecified atom stereocenters. The van der Waals surface area contributed by atoms with Gasteiger partial charge in [-0.3, -0.25) is 4.79 Å². The Labute approximate surface area is 114 Å². The second-order valence-corrected chi connectivity index (χ2v) is 4.52. The molecule has 0 aliphatic heterocycles. The maximum atomic E-state index is 11.5. The minimum atomic E-state index is -1.03. The molecule has 0 bridgehead atoms. The van der Waals surface area contributed by atoms with E-state index in [1.165, 1.54) is 6.08 Å². The van der Waals surface area contributed by atoms with Gasteiger partial charge in [-0.05, 0) is 24.1 Å². The fourth-order valence-corrected chi connectivity index (χ4v) is 1.75. The Morgan fingerprint density at radius 3 is 2.67 bits per heavy atom. The third-order valence-corrected chi connectivity index (χ3v) is 3.06. The van der Waals surface area contributed by atoms with Crippen molar-refractivity contribution in [2.45, 2.75) is 19.4 Å². The van der Waals surface area contributed by atoms with Gasteiger partial charge in [0.15, 0.2) is 0 Å². The lowest BCUT2D eigenvalue weighted by molar-refractivity contribution is -0.141. The van der Waals surface area contributed by atoms with Crippen molar-refractivity contribution in [3.63, 3.8) is 0 Å². The molecular formula is C13H14BrNO3. The minimum absolute atomic E-state index is 0.351. The molecule has 5 heteroatoms. The summed E-state index contributed by atoms with van der Waals surface area (Å²) in [5, 5.41) is 11.2. The zero-order chi connectivity index (χ0) is 13.5. The number of nitrogens with one attached hydrogen (secondary N) is 1. The second-order valence-electron chi connectivity index (χ2n) is 3.66. The predicted octanol–water partition coefficient (Wildman–Crippen LogP) is 2.44. The van der Waals surface area contributed by atoms with E-state index in [2.05, 4.69) is 21.2 Å². The van der Waals surface area contributed by atoms with Crippen LogP contribution in [0.15, 0.2) is 34.8 Å². The van der Waals surface area contributed by atoms with Crippen molar-refractivity contribution in [3.05, 3.63) is 40.4 Å². The highest BCUT2D eigenvalue weighted by Crippen LogP contribution is 2.16. The fourth-order valence-electron chi connectivity index (χ4n) is 1.33. The summed E-state index contributed by atoms with van der Waals surface area (Å²) in [5.41, 5.74) is 0.857. The molecule has 0 spiro atoms. The largest absolute Gasteiger partial charge is 0.480 e. The fraction of sp³-hybridized carbons (Fsp3) is 0.231.